The predicted molar refractivity (Wildman–Crippen MR) is 60.0 cm³/mol. The molecule has 0 radical (unpaired) electrons. The molecule has 0 aromatic heterocycles. The fraction of sp³-hybridized carbons (Fsp3) is 0.917. The Balaban J connectivity index is 2.11. The minimum Gasteiger partial charge on any atom is -0.460 e. The first kappa shape index (κ1) is 13.5. The van der Waals surface area contributed by atoms with E-state index in [9.17, 15) is 4.79 Å². The molecule has 1 aliphatic carbocycles. The Bertz CT molecular complexity index is 232. The average molecular weight is 230 g/mol. The number of esters is 1. The average Bonchev–Trinajstić information content (AvgIpc) is 2.89. The van der Waals surface area contributed by atoms with Crippen molar-refractivity contribution in [1.82, 2.24) is 0 Å². The van der Waals surface area contributed by atoms with Crippen LogP contribution in [-0.2, 0) is 14.3 Å². The summed E-state index contributed by atoms with van der Waals surface area (Å²) in [6.07, 6.45) is 1.53. The second kappa shape index (κ2) is 5.64. The molecule has 0 aliphatic heterocycles. The van der Waals surface area contributed by atoms with Crippen LogP contribution in [0.2, 0.25) is 0 Å². The topological polar surface area (TPSA) is 55.8 Å². The van der Waals surface area contributed by atoms with Gasteiger partial charge in [0.2, 0.25) is 0 Å². The van der Waals surface area contributed by atoms with E-state index < -0.39 is 5.60 Å². The number of carbonyl (C=O) groups excluding carboxylic acids is 1. The molecule has 0 saturated heterocycles. The Labute approximate surface area is 96.9 Å². The summed E-state index contributed by atoms with van der Waals surface area (Å²) in [6.45, 7) is 6.94. The maximum Gasteiger partial charge on any atom is 0.309 e. The molecule has 0 aromatic rings. The van der Waals surface area contributed by atoms with E-state index >= 15 is 0 Å². The summed E-state index contributed by atoms with van der Waals surface area (Å²) in [4.78, 5) is 11.6. The Hall–Kier alpha value is -0.610. The van der Waals surface area contributed by atoms with E-state index in [4.69, 9.17) is 14.6 Å². The van der Waals surface area contributed by atoms with Gasteiger partial charge < -0.3 is 14.6 Å². The first-order valence-electron chi connectivity index (χ1n) is 5.85. The molecule has 0 spiro atoms. The molecule has 94 valence electrons. The third-order valence-electron chi connectivity index (χ3n) is 2.41. The fourth-order valence-electron chi connectivity index (χ4n) is 1.50. The van der Waals surface area contributed by atoms with Crippen LogP contribution in [0.15, 0.2) is 0 Å². The fourth-order valence-corrected chi connectivity index (χ4v) is 1.50. The van der Waals surface area contributed by atoms with Gasteiger partial charge in [-0.1, -0.05) is 0 Å². The zero-order valence-electron chi connectivity index (χ0n) is 10.4. The predicted octanol–water partition coefficient (Wildman–Crippen LogP) is 1.36. The van der Waals surface area contributed by atoms with E-state index in [0.29, 0.717) is 25.6 Å². The van der Waals surface area contributed by atoms with Gasteiger partial charge in [-0.25, -0.2) is 0 Å². The lowest BCUT2D eigenvalue weighted by molar-refractivity contribution is -0.157. The van der Waals surface area contributed by atoms with Crippen LogP contribution in [0.25, 0.3) is 0 Å². The highest BCUT2D eigenvalue weighted by atomic mass is 16.6. The molecule has 1 rings (SSSR count). The molecular formula is C12H22O4. The van der Waals surface area contributed by atoms with Crippen molar-refractivity contribution < 1.29 is 19.4 Å². The van der Waals surface area contributed by atoms with Crippen molar-refractivity contribution in [3.8, 4) is 0 Å². The summed E-state index contributed by atoms with van der Waals surface area (Å²) in [5.41, 5.74) is -0.401. The smallest absolute Gasteiger partial charge is 0.309 e. The first-order chi connectivity index (χ1) is 7.44. The molecule has 16 heavy (non-hydrogen) atoms. The van der Waals surface area contributed by atoms with E-state index in [1.165, 1.54) is 0 Å². The summed E-state index contributed by atoms with van der Waals surface area (Å²) >= 11 is 0. The molecule has 4 nitrogen and oxygen atoms in total. The lowest BCUT2D eigenvalue weighted by Crippen LogP contribution is -2.25. The number of aliphatic hydroxyl groups excluding tert-OH is 1. The lowest BCUT2D eigenvalue weighted by atomic mass is 10.2. The SMILES string of the molecule is CC(C)(C)OC(=O)[C@H]1C[C@H]1COCCCO. The molecule has 0 heterocycles. The quantitative estimate of drug-likeness (QED) is 0.553. The highest BCUT2D eigenvalue weighted by Crippen LogP contribution is 2.40. The zero-order chi connectivity index (χ0) is 12.2. The van der Waals surface area contributed by atoms with Gasteiger partial charge in [-0.15, -0.1) is 0 Å². The third-order valence-corrected chi connectivity index (χ3v) is 2.41. The van der Waals surface area contributed by atoms with Gasteiger partial charge in [0, 0.05) is 13.2 Å². The van der Waals surface area contributed by atoms with Crippen LogP contribution in [0.1, 0.15) is 33.6 Å². The molecule has 1 aliphatic rings. The summed E-state index contributed by atoms with van der Waals surface area (Å²) in [5, 5.41) is 8.56. The minimum absolute atomic E-state index is 0.0216. The first-order valence-corrected chi connectivity index (χ1v) is 5.85. The Morgan fingerprint density at radius 1 is 1.44 bits per heavy atom. The number of aliphatic hydroxyl groups is 1. The molecule has 1 N–H and O–H groups in total. The van der Waals surface area contributed by atoms with E-state index in [2.05, 4.69) is 0 Å². The third kappa shape index (κ3) is 4.94. The summed E-state index contributed by atoms with van der Waals surface area (Å²) in [7, 11) is 0. The molecule has 0 amide bonds. The molecule has 0 aromatic carbocycles. The van der Waals surface area contributed by atoms with Crippen molar-refractivity contribution >= 4 is 5.97 Å². The van der Waals surface area contributed by atoms with Crippen LogP contribution in [0.3, 0.4) is 0 Å². The molecular weight excluding hydrogens is 208 g/mol. The largest absolute Gasteiger partial charge is 0.460 e. The second-order valence-corrected chi connectivity index (χ2v) is 5.29. The van der Waals surface area contributed by atoms with Gasteiger partial charge in [-0.05, 0) is 39.5 Å². The number of ether oxygens (including phenoxy) is 2. The van der Waals surface area contributed by atoms with Crippen molar-refractivity contribution in [3.05, 3.63) is 0 Å². The van der Waals surface area contributed by atoms with Crippen LogP contribution in [0.5, 0.6) is 0 Å². The van der Waals surface area contributed by atoms with Crippen molar-refractivity contribution in [2.24, 2.45) is 11.8 Å². The molecule has 0 unspecified atom stereocenters. The van der Waals surface area contributed by atoms with E-state index in [-0.39, 0.29) is 18.5 Å². The van der Waals surface area contributed by atoms with Crippen LogP contribution in [0, 0.1) is 11.8 Å². The number of rotatable bonds is 6. The van der Waals surface area contributed by atoms with Crippen LogP contribution >= 0.6 is 0 Å². The van der Waals surface area contributed by atoms with Gasteiger partial charge in [0.25, 0.3) is 0 Å². The van der Waals surface area contributed by atoms with Crippen LogP contribution in [-0.4, -0.2) is 36.5 Å². The summed E-state index contributed by atoms with van der Waals surface area (Å²) in [5.74, 6) is 0.227. The Kier molecular flexibility index (Phi) is 4.74. The minimum atomic E-state index is -0.401. The number of hydrogen-bond acceptors (Lipinski definition) is 4. The highest BCUT2D eigenvalue weighted by Gasteiger charge is 2.45. The van der Waals surface area contributed by atoms with Gasteiger partial charge >= 0.3 is 5.97 Å². The molecule has 1 saturated carbocycles. The Morgan fingerprint density at radius 2 is 2.12 bits per heavy atom. The number of hydrogen-bond donors (Lipinski definition) is 1. The van der Waals surface area contributed by atoms with Crippen LogP contribution < -0.4 is 0 Å². The van der Waals surface area contributed by atoms with E-state index in [0.717, 1.165) is 6.42 Å². The standard InChI is InChI=1S/C12H22O4/c1-12(2,3)16-11(14)10-7-9(10)8-15-6-4-5-13/h9-10,13H,4-8H2,1-3H3/t9-,10-/m0/s1. The maximum atomic E-state index is 11.6. The van der Waals surface area contributed by atoms with Crippen molar-refractivity contribution in [3.63, 3.8) is 0 Å². The van der Waals surface area contributed by atoms with Gasteiger partial charge in [-0.3, -0.25) is 4.79 Å². The Morgan fingerprint density at radius 3 is 2.69 bits per heavy atom. The lowest BCUT2D eigenvalue weighted by Gasteiger charge is -2.19. The highest BCUT2D eigenvalue weighted by molar-refractivity contribution is 5.76. The van der Waals surface area contributed by atoms with Gasteiger partial charge in [0.1, 0.15) is 5.60 Å². The van der Waals surface area contributed by atoms with Crippen molar-refractivity contribution in [1.29, 1.82) is 0 Å². The van der Waals surface area contributed by atoms with Gasteiger partial charge in [0.15, 0.2) is 0 Å². The zero-order valence-corrected chi connectivity index (χ0v) is 10.4. The van der Waals surface area contributed by atoms with Crippen molar-refractivity contribution in [2.75, 3.05) is 19.8 Å². The summed E-state index contributed by atoms with van der Waals surface area (Å²) < 4.78 is 10.6. The molecule has 2 atom stereocenters. The molecule has 4 heteroatoms. The van der Waals surface area contributed by atoms with E-state index in [1.807, 2.05) is 20.8 Å². The van der Waals surface area contributed by atoms with Gasteiger partial charge in [-0.2, -0.15) is 0 Å². The molecule has 1 fully saturated rings. The van der Waals surface area contributed by atoms with E-state index in [1.54, 1.807) is 0 Å². The second-order valence-electron chi connectivity index (χ2n) is 5.29. The normalized spacial score (nSPS) is 24.2. The maximum absolute atomic E-state index is 11.6. The van der Waals surface area contributed by atoms with Gasteiger partial charge in [0.05, 0.1) is 12.5 Å². The molecule has 0 bridgehead atoms. The van der Waals surface area contributed by atoms with Crippen LogP contribution in [0.4, 0.5) is 0 Å². The summed E-state index contributed by atoms with van der Waals surface area (Å²) in [6, 6.07) is 0. The number of carbonyl (C=O) groups is 1. The monoisotopic (exact) mass is 230 g/mol. The van der Waals surface area contributed by atoms with Crippen molar-refractivity contribution in [2.45, 2.75) is 39.2 Å².